The van der Waals surface area contributed by atoms with Gasteiger partial charge in [0, 0.05) is 13.3 Å². The standard InChI is InChI=1S/C12H16ClN3O3S/c1-12(2,8-19-3)15-20(17,18)11-10(13)14-9-6-4-5-7-16(9)11/h4-7,15H,8H2,1-3H3. The molecule has 0 aromatic carbocycles. The Morgan fingerprint density at radius 3 is 2.80 bits per heavy atom. The maximum absolute atomic E-state index is 12.5. The summed E-state index contributed by atoms with van der Waals surface area (Å²) in [4.78, 5) is 4.03. The molecule has 0 fully saturated rings. The van der Waals surface area contributed by atoms with Crippen LogP contribution in [0.4, 0.5) is 0 Å². The van der Waals surface area contributed by atoms with E-state index in [4.69, 9.17) is 16.3 Å². The molecule has 0 saturated heterocycles. The summed E-state index contributed by atoms with van der Waals surface area (Å²) in [6.45, 7) is 3.69. The largest absolute Gasteiger partial charge is 0.383 e. The number of rotatable bonds is 5. The zero-order valence-electron chi connectivity index (χ0n) is 11.4. The zero-order valence-corrected chi connectivity index (χ0v) is 13.0. The second-order valence-corrected chi connectivity index (χ2v) is 7.01. The van der Waals surface area contributed by atoms with E-state index in [-0.39, 0.29) is 16.8 Å². The number of ether oxygens (including phenoxy) is 1. The Balaban J connectivity index is 2.50. The highest BCUT2D eigenvalue weighted by atomic mass is 35.5. The average molecular weight is 318 g/mol. The lowest BCUT2D eigenvalue weighted by Gasteiger charge is -2.24. The van der Waals surface area contributed by atoms with E-state index in [1.807, 2.05) is 0 Å². The van der Waals surface area contributed by atoms with Crippen LogP contribution < -0.4 is 4.72 Å². The number of sulfonamides is 1. The third kappa shape index (κ3) is 2.95. The van der Waals surface area contributed by atoms with Gasteiger partial charge in [0.25, 0.3) is 10.0 Å². The Morgan fingerprint density at radius 2 is 2.15 bits per heavy atom. The van der Waals surface area contributed by atoms with Crippen molar-refractivity contribution in [3.05, 3.63) is 29.5 Å². The normalized spacial score (nSPS) is 13.0. The highest BCUT2D eigenvalue weighted by Crippen LogP contribution is 2.23. The van der Waals surface area contributed by atoms with Crippen LogP contribution in [-0.2, 0) is 14.8 Å². The lowest BCUT2D eigenvalue weighted by molar-refractivity contribution is 0.141. The topological polar surface area (TPSA) is 72.7 Å². The van der Waals surface area contributed by atoms with Crippen molar-refractivity contribution in [2.24, 2.45) is 0 Å². The summed E-state index contributed by atoms with van der Waals surface area (Å²) in [5.74, 6) is 0. The number of hydrogen-bond acceptors (Lipinski definition) is 4. The predicted octanol–water partition coefficient (Wildman–Crippen LogP) is 1.69. The van der Waals surface area contributed by atoms with Crippen LogP contribution in [0.25, 0.3) is 5.65 Å². The highest BCUT2D eigenvalue weighted by molar-refractivity contribution is 7.89. The molecule has 6 nitrogen and oxygen atoms in total. The number of nitrogens with zero attached hydrogens (tertiary/aromatic N) is 2. The molecule has 110 valence electrons. The molecule has 0 spiro atoms. The van der Waals surface area contributed by atoms with Crippen LogP contribution in [0.1, 0.15) is 13.8 Å². The molecule has 0 aliphatic carbocycles. The number of hydrogen-bond donors (Lipinski definition) is 1. The van der Waals surface area contributed by atoms with E-state index in [1.54, 1.807) is 38.2 Å². The van der Waals surface area contributed by atoms with Gasteiger partial charge in [-0.2, -0.15) is 0 Å². The molecule has 0 bridgehead atoms. The van der Waals surface area contributed by atoms with E-state index >= 15 is 0 Å². The van der Waals surface area contributed by atoms with Gasteiger partial charge in [-0.15, -0.1) is 0 Å². The molecule has 0 aliphatic rings. The van der Waals surface area contributed by atoms with Gasteiger partial charge in [0.2, 0.25) is 0 Å². The van der Waals surface area contributed by atoms with Crippen molar-refractivity contribution in [1.82, 2.24) is 14.1 Å². The minimum Gasteiger partial charge on any atom is -0.383 e. The summed E-state index contributed by atoms with van der Waals surface area (Å²) in [6.07, 6.45) is 1.60. The van der Waals surface area contributed by atoms with Crippen LogP contribution in [0, 0.1) is 0 Å². The van der Waals surface area contributed by atoms with Gasteiger partial charge < -0.3 is 4.74 Å². The van der Waals surface area contributed by atoms with Crippen LogP contribution >= 0.6 is 11.6 Å². The summed E-state index contributed by atoms with van der Waals surface area (Å²) < 4.78 is 34.0. The number of nitrogens with one attached hydrogen (secondary N) is 1. The first-order valence-electron chi connectivity index (χ1n) is 5.92. The Kier molecular flexibility index (Phi) is 4.06. The fourth-order valence-corrected chi connectivity index (χ4v) is 4.03. The molecule has 0 aliphatic heterocycles. The maximum Gasteiger partial charge on any atom is 0.260 e. The first-order chi connectivity index (χ1) is 9.27. The molecule has 8 heteroatoms. The van der Waals surface area contributed by atoms with E-state index in [0.717, 1.165) is 0 Å². The van der Waals surface area contributed by atoms with Crippen LogP contribution in [0.2, 0.25) is 5.15 Å². The fourth-order valence-electron chi connectivity index (χ4n) is 1.99. The van der Waals surface area contributed by atoms with Gasteiger partial charge in [-0.05, 0) is 26.0 Å². The van der Waals surface area contributed by atoms with Gasteiger partial charge in [0.05, 0.1) is 12.1 Å². The number of aromatic nitrogens is 2. The van der Waals surface area contributed by atoms with Crippen molar-refractivity contribution < 1.29 is 13.2 Å². The average Bonchev–Trinajstić information content (AvgIpc) is 2.63. The van der Waals surface area contributed by atoms with E-state index < -0.39 is 15.6 Å². The van der Waals surface area contributed by atoms with Crippen LogP contribution in [0.5, 0.6) is 0 Å². The molecule has 0 radical (unpaired) electrons. The van der Waals surface area contributed by atoms with Crippen LogP contribution in [-0.4, -0.2) is 37.1 Å². The van der Waals surface area contributed by atoms with Gasteiger partial charge in [-0.3, -0.25) is 4.40 Å². The predicted molar refractivity (Wildman–Crippen MR) is 76.5 cm³/mol. The quantitative estimate of drug-likeness (QED) is 0.911. The molecule has 0 unspecified atom stereocenters. The number of pyridine rings is 1. The molecule has 0 saturated carbocycles. The van der Waals surface area contributed by atoms with Crippen molar-refractivity contribution in [3.8, 4) is 0 Å². The van der Waals surface area contributed by atoms with E-state index in [2.05, 4.69) is 9.71 Å². The van der Waals surface area contributed by atoms with Crippen LogP contribution in [0.15, 0.2) is 29.4 Å². The first kappa shape index (κ1) is 15.2. The Hall–Kier alpha value is -1.15. The van der Waals surface area contributed by atoms with Crippen molar-refractivity contribution >= 4 is 27.3 Å². The molecule has 2 rings (SSSR count). The first-order valence-corrected chi connectivity index (χ1v) is 7.78. The third-order valence-corrected chi connectivity index (χ3v) is 4.71. The zero-order chi connectivity index (χ0) is 15.0. The summed E-state index contributed by atoms with van der Waals surface area (Å²) in [6, 6.07) is 5.16. The van der Waals surface area contributed by atoms with Gasteiger partial charge >= 0.3 is 0 Å². The minimum absolute atomic E-state index is 0.0584. The van der Waals surface area contributed by atoms with Gasteiger partial charge in [0.15, 0.2) is 10.2 Å². The molecular weight excluding hydrogens is 302 g/mol. The summed E-state index contributed by atoms with van der Waals surface area (Å²) in [7, 11) is -2.30. The number of imidazole rings is 1. The van der Waals surface area contributed by atoms with Gasteiger partial charge in [0.1, 0.15) is 5.65 Å². The van der Waals surface area contributed by atoms with Crippen LogP contribution in [0.3, 0.4) is 0 Å². The van der Waals surface area contributed by atoms with Crippen molar-refractivity contribution in [2.45, 2.75) is 24.4 Å². The Labute approximate surface area is 122 Å². The number of halogens is 1. The number of fused-ring (bicyclic) bond motifs is 1. The monoisotopic (exact) mass is 317 g/mol. The summed E-state index contributed by atoms with van der Waals surface area (Å²) in [5, 5.41) is -0.129. The second kappa shape index (κ2) is 5.33. The molecule has 0 atom stereocenters. The number of methoxy groups -OCH3 is 1. The van der Waals surface area contributed by atoms with E-state index in [1.165, 1.54) is 11.5 Å². The fraction of sp³-hybridized carbons (Fsp3) is 0.417. The SMILES string of the molecule is COCC(C)(C)NS(=O)(=O)c1c(Cl)nc2ccccn12. The summed E-state index contributed by atoms with van der Waals surface area (Å²) in [5.41, 5.74) is -0.280. The molecule has 0 amide bonds. The van der Waals surface area contributed by atoms with Crippen molar-refractivity contribution in [2.75, 3.05) is 13.7 Å². The molecular formula is C12H16ClN3O3S. The van der Waals surface area contributed by atoms with Crippen molar-refractivity contribution in [3.63, 3.8) is 0 Å². The molecule has 2 aromatic heterocycles. The molecule has 1 N–H and O–H groups in total. The van der Waals surface area contributed by atoms with E-state index in [9.17, 15) is 8.42 Å². The Bertz CT molecular complexity index is 725. The smallest absolute Gasteiger partial charge is 0.260 e. The lowest BCUT2D eigenvalue weighted by Crippen LogP contribution is -2.46. The van der Waals surface area contributed by atoms with Gasteiger partial charge in [-0.25, -0.2) is 18.1 Å². The Morgan fingerprint density at radius 1 is 1.45 bits per heavy atom. The third-order valence-electron chi connectivity index (χ3n) is 2.62. The lowest BCUT2D eigenvalue weighted by atomic mass is 10.1. The highest BCUT2D eigenvalue weighted by Gasteiger charge is 2.30. The molecule has 2 heterocycles. The van der Waals surface area contributed by atoms with Gasteiger partial charge in [-0.1, -0.05) is 17.7 Å². The molecule has 20 heavy (non-hydrogen) atoms. The minimum atomic E-state index is -3.82. The molecule has 2 aromatic rings. The second-order valence-electron chi connectivity index (χ2n) is 5.06. The maximum atomic E-state index is 12.5. The van der Waals surface area contributed by atoms with E-state index in [0.29, 0.717) is 5.65 Å². The summed E-state index contributed by atoms with van der Waals surface area (Å²) >= 11 is 5.98. The van der Waals surface area contributed by atoms with Crippen molar-refractivity contribution in [1.29, 1.82) is 0 Å².